The SMILES string of the molecule is CCOC(=O)C(NC(=O)c1cnn(-c2cccc(Cl)c2)c1C)C(=O)OCC. The summed E-state index contributed by atoms with van der Waals surface area (Å²) in [5.41, 5.74) is 1.39. The largest absolute Gasteiger partial charge is 0.464 e. The Morgan fingerprint density at radius 2 is 1.81 bits per heavy atom. The first-order valence-corrected chi connectivity index (χ1v) is 8.71. The Balaban J connectivity index is 2.25. The highest BCUT2D eigenvalue weighted by molar-refractivity contribution is 6.30. The first-order chi connectivity index (χ1) is 12.9. The van der Waals surface area contributed by atoms with Gasteiger partial charge in [0.25, 0.3) is 5.91 Å². The lowest BCUT2D eigenvalue weighted by atomic mass is 10.2. The van der Waals surface area contributed by atoms with Crippen LogP contribution < -0.4 is 5.32 Å². The molecule has 0 fully saturated rings. The van der Waals surface area contributed by atoms with E-state index >= 15 is 0 Å². The van der Waals surface area contributed by atoms with Crippen LogP contribution in [-0.2, 0) is 19.1 Å². The van der Waals surface area contributed by atoms with Gasteiger partial charge in [-0.05, 0) is 39.0 Å². The molecular weight excluding hydrogens is 374 g/mol. The first kappa shape index (κ1) is 20.4. The van der Waals surface area contributed by atoms with Gasteiger partial charge in [0.05, 0.1) is 36.4 Å². The van der Waals surface area contributed by atoms with Crippen LogP contribution in [0.25, 0.3) is 5.69 Å². The van der Waals surface area contributed by atoms with E-state index in [1.54, 1.807) is 45.0 Å². The summed E-state index contributed by atoms with van der Waals surface area (Å²) >= 11 is 5.99. The Labute approximate surface area is 161 Å². The maximum Gasteiger partial charge on any atom is 0.340 e. The van der Waals surface area contributed by atoms with E-state index in [1.165, 1.54) is 10.9 Å². The zero-order valence-corrected chi connectivity index (χ0v) is 15.9. The molecule has 0 aliphatic rings. The lowest BCUT2D eigenvalue weighted by Crippen LogP contribution is -2.48. The molecule has 0 aliphatic carbocycles. The summed E-state index contributed by atoms with van der Waals surface area (Å²) in [7, 11) is 0. The van der Waals surface area contributed by atoms with E-state index in [1.807, 2.05) is 0 Å². The number of rotatable bonds is 7. The predicted molar refractivity (Wildman–Crippen MR) is 97.8 cm³/mol. The number of esters is 2. The number of aromatic nitrogens is 2. The first-order valence-electron chi connectivity index (χ1n) is 8.33. The average molecular weight is 394 g/mol. The highest BCUT2D eigenvalue weighted by atomic mass is 35.5. The van der Waals surface area contributed by atoms with Crippen LogP contribution >= 0.6 is 11.6 Å². The number of hydrogen-bond donors (Lipinski definition) is 1. The highest BCUT2D eigenvalue weighted by Gasteiger charge is 2.32. The monoisotopic (exact) mass is 393 g/mol. The molecule has 0 radical (unpaired) electrons. The van der Waals surface area contributed by atoms with Crippen molar-refractivity contribution in [1.82, 2.24) is 15.1 Å². The standard InChI is InChI=1S/C18H20ClN3O5/c1-4-26-17(24)15(18(25)27-5-2)21-16(23)14-10-20-22(11(14)3)13-8-6-7-12(19)9-13/h6-10,15H,4-5H2,1-3H3,(H,21,23). The Bertz CT molecular complexity index is 831. The second-order valence-electron chi connectivity index (χ2n) is 5.45. The van der Waals surface area contributed by atoms with Gasteiger partial charge in [-0.2, -0.15) is 5.10 Å². The summed E-state index contributed by atoms with van der Waals surface area (Å²) in [6.07, 6.45) is 1.35. The number of hydrogen-bond acceptors (Lipinski definition) is 6. The van der Waals surface area contributed by atoms with Crippen molar-refractivity contribution in [2.45, 2.75) is 26.8 Å². The number of carbonyl (C=O) groups excluding carboxylic acids is 3. The molecule has 2 rings (SSSR count). The fraction of sp³-hybridized carbons (Fsp3) is 0.333. The molecule has 0 unspecified atom stereocenters. The topological polar surface area (TPSA) is 99.5 Å². The second kappa shape index (κ2) is 9.18. The van der Waals surface area contributed by atoms with Crippen LogP contribution in [0.1, 0.15) is 29.9 Å². The zero-order chi connectivity index (χ0) is 20.0. The van der Waals surface area contributed by atoms with Crippen molar-refractivity contribution in [3.8, 4) is 5.69 Å². The van der Waals surface area contributed by atoms with Crippen LogP contribution in [0.5, 0.6) is 0 Å². The van der Waals surface area contributed by atoms with Crippen molar-refractivity contribution in [2.75, 3.05) is 13.2 Å². The minimum absolute atomic E-state index is 0.0658. The lowest BCUT2D eigenvalue weighted by Gasteiger charge is -2.15. The van der Waals surface area contributed by atoms with Crippen molar-refractivity contribution >= 4 is 29.4 Å². The smallest absolute Gasteiger partial charge is 0.340 e. The number of amides is 1. The Hall–Kier alpha value is -2.87. The van der Waals surface area contributed by atoms with Crippen molar-refractivity contribution in [3.05, 3.63) is 46.7 Å². The van der Waals surface area contributed by atoms with Crippen LogP contribution in [0.4, 0.5) is 0 Å². The van der Waals surface area contributed by atoms with E-state index in [4.69, 9.17) is 21.1 Å². The van der Waals surface area contributed by atoms with Gasteiger partial charge < -0.3 is 14.8 Å². The number of carbonyl (C=O) groups is 3. The molecule has 9 heteroatoms. The number of benzene rings is 1. The number of nitrogens with one attached hydrogen (secondary N) is 1. The Morgan fingerprint density at radius 1 is 1.19 bits per heavy atom. The molecule has 0 spiro atoms. The summed E-state index contributed by atoms with van der Waals surface area (Å²) in [5, 5.41) is 7.06. The second-order valence-corrected chi connectivity index (χ2v) is 5.88. The van der Waals surface area contributed by atoms with E-state index < -0.39 is 23.9 Å². The van der Waals surface area contributed by atoms with Crippen LogP contribution in [0.3, 0.4) is 0 Å². The van der Waals surface area contributed by atoms with Gasteiger partial charge in [0.15, 0.2) is 0 Å². The molecule has 1 amide bonds. The molecule has 1 heterocycles. The third-order valence-electron chi connectivity index (χ3n) is 3.63. The van der Waals surface area contributed by atoms with Crippen molar-refractivity contribution in [3.63, 3.8) is 0 Å². The van der Waals surface area contributed by atoms with Gasteiger partial charge in [-0.25, -0.2) is 14.3 Å². The molecule has 1 aromatic carbocycles. The summed E-state index contributed by atoms with van der Waals surface area (Å²) in [6.45, 7) is 5.02. The van der Waals surface area contributed by atoms with Gasteiger partial charge in [-0.3, -0.25) is 4.79 Å². The van der Waals surface area contributed by atoms with Gasteiger partial charge >= 0.3 is 11.9 Å². The van der Waals surface area contributed by atoms with E-state index in [-0.39, 0.29) is 18.8 Å². The number of nitrogens with zero attached hydrogens (tertiary/aromatic N) is 2. The molecule has 144 valence electrons. The molecule has 1 aromatic heterocycles. The van der Waals surface area contributed by atoms with E-state index in [2.05, 4.69) is 10.4 Å². The molecule has 0 aliphatic heterocycles. The molecule has 0 atom stereocenters. The average Bonchev–Trinajstić information content (AvgIpc) is 3.01. The Kier molecular flexibility index (Phi) is 6.95. The summed E-state index contributed by atoms with van der Waals surface area (Å²) in [6, 6.07) is 5.42. The van der Waals surface area contributed by atoms with Crippen LogP contribution in [0, 0.1) is 6.92 Å². The van der Waals surface area contributed by atoms with Gasteiger partial charge in [0.2, 0.25) is 6.04 Å². The maximum atomic E-state index is 12.6. The van der Waals surface area contributed by atoms with Crippen molar-refractivity contribution in [2.24, 2.45) is 0 Å². The lowest BCUT2D eigenvalue weighted by molar-refractivity contribution is -0.157. The van der Waals surface area contributed by atoms with Gasteiger partial charge in [-0.15, -0.1) is 0 Å². The van der Waals surface area contributed by atoms with E-state index in [0.717, 1.165) is 0 Å². The zero-order valence-electron chi connectivity index (χ0n) is 15.2. The van der Waals surface area contributed by atoms with Crippen LogP contribution in [-0.4, -0.2) is 46.9 Å². The Morgan fingerprint density at radius 3 is 2.37 bits per heavy atom. The maximum absolute atomic E-state index is 12.6. The van der Waals surface area contributed by atoms with Crippen LogP contribution in [0.2, 0.25) is 5.02 Å². The third-order valence-corrected chi connectivity index (χ3v) is 3.86. The van der Waals surface area contributed by atoms with E-state index in [9.17, 15) is 14.4 Å². The fourth-order valence-electron chi connectivity index (χ4n) is 2.37. The van der Waals surface area contributed by atoms with Crippen molar-refractivity contribution < 1.29 is 23.9 Å². The van der Waals surface area contributed by atoms with Crippen molar-refractivity contribution in [1.29, 1.82) is 0 Å². The summed E-state index contributed by atoms with van der Waals surface area (Å²) in [4.78, 5) is 36.6. The number of halogens is 1. The highest BCUT2D eigenvalue weighted by Crippen LogP contribution is 2.18. The predicted octanol–water partition coefficient (Wildman–Crippen LogP) is 2.06. The third kappa shape index (κ3) is 4.85. The van der Waals surface area contributed by atoms with Gasteiger partial charge in [0, 0.05) is 5.02 Å². The molecule has 0 saturated heterocycles. The quantitative estimate of drug-likeness (QED) is 0.571. The molecular formula is C18H20ClN3O5. The molecule has 8 nitrogen and oxygen atoms in total. The number of ether oxygens (including phenoxy) is 2. The summed E-state index contributed by atoms with van der Waals surface area (Å²) in [5.74, 6) is -2.42. The molecule has 2 aromatic rings. The molecule has 1 N–H and O–H groups in total. The van der Waals surface area contributed by atoms with Crippen LogP contribution in [0.15, 0.2) is 30.5 Å². The van der Waals surface area contributed by atoms with Gasteiger partial charge in [0.1, 0.15) is 0 Å². The minimum atomic E-state index is -1.55. The molecule has 27 heavy (non-hydrogen) atoms. The summed E-state index contributed by atoms with van der Waals surface area (Å²) < 4.78 is 11.2. The minimum Gasteiger partial charge on any atom is -0.464 e. The molecule has 0 saturated carbocycles. The normalized spacial score (nSPS) is 10.6. The van der Waals surface area contributed by atoms with Gasteiger partial charge in [-0.1, -0.05) is 17.7 Å². The van der Waals surface area contributed by atoms with E-state index in [0.29, 0.717) is 16.4 Å². The fourth-order valence-corrected chi connectivity index (χ4v) is 2.56. The molecule has 0 bridgehead atoms.